The van der Waals surface area contributed by atoms with Gasteiger partial charge in [-0.3, -0.25) is 9.69 Å². The lowest BCUT2D eigenvalue weighted by atomic mass is 10.2. The number of nitrogens with one attached hydrogen (secondary N) is 1. The summed E-state index contributed by atoms with van der Waals surface area (Å²) in [5.41, 5.74) is 7.00. The van der Waals surface area contributed by atoms with Gasteiger partial charge in [-0.1, -0.05) is 0 Å². The molecule has 10 heteroatoms. The van der Waals surface area contributed by atoms with Crippen molar-refractivity contribution in [3.8, 4) is 17.2 Å². The van der Waals surface area contributed by atoms with Gasteiger partial charge >= 0.3 is 0 Å². The third-order valence-corrected chi connectivity index (χ3v) is 5.41. The van der Waals surface area contributed by atoms with E-state index >= 15 is 0 Å². The molecule has 0 aliphatic carbocycles. The first-order valence-corrected chi connectivity index (χ1v) is 10.8. The van der Waals surface area contributed by atoms with Crippen molar-refractivity contribution in [3.05, 3.63) is 48.0 Å². The molecular formula is C23H28N6O4. The van der Waals surface area contributed by atoms with E-state index in [0.29, 0.717) is 23.7 Å². The van der Waals surface area contributed by atoms with Gasteiger partial charge in [-0.2, -0.15) is 9.67 Å². The first-order valence-electron chi connectivity index (χ1n) is 10.8. The molecule has 0 amide bonds. The fraction of sp³-hybridized carbons (Fsp3) is 0.348. The molecule has 0 radical (unpaired) electrons. The Kier molecular flexibility index (Phi) is 6.94. The number of benzene rings is 2. The van der Waals surface area contributed by atoms with Crippen molar-refractivity contribution in [2.24, 2.45) is 0 Å². The minimum absolute atomic E-state index is 0.0360. The van der Waals surface area contributed by atoms with Crippen molar-refractivity contribution in [1.29, 1.82) is 0 Å². The minimum Gasteiger partial charge on any atom is -0.497 e. The molecule has 0 bridgehead atoms. The van der Waals surface area contributed by atoms with Crippen molar-refractivity contribution in [2.75, 3.05) is 51.5 Å². The smallest absolute Gasteiger partial charge is 0.281 e. The molecule has 0 spiro atoms. The van der Waals surface area contributed by atoms with Crippen LogP contribution < -0.4 is 25.3 Å². The van der Waals surface area contributed by atoms with E-state index in [2.05, 4.69) is 20.3 Å². The van der Waals surface area contributed by atoms with Gasteiger partial charge in [0.05, 0.1) is 14.2 Å². The van der Waals surface area contributed by atoms with Crippen LogP contribution >= 0.6 is 0 Å². The molecule has 0 saturated carbocycles. The number of hydrogen-bond acceptors (Lipinski definition) is 9. The topological polar surface area (TPSA) is 117 Å². The molecule has 4 rings (SSSR count). The zero-order valence-electron chi connectivity index (χ0n) is 18.8. The monoisotopic (exact) mass is 452 g/mol. The molecule has 1 aromatic heterocycles. The number of nitrogens with two attached hydrogens (primary N) is 1. The predicted molar refractivity (Wildman–Crippen MR) is 125 cm³/mol. The highest BCUT2D eigenvalue weighted by molar-refractivity contribution is 5.97. The van der Waals surface area contributed by atoms with E-state index in [9.17, 15) is 4.79 Å². The lowest BCUT2D eigenvalue weighted by Crippen LogP contribution is -2.25. The summed E-state index contributed by atoms with van der Waals surface area (Å²) in [5.74, 6) is 1.48. The second-order valence-electron chi connectivity index (χ2n) is 7.66. The van der Waals surface area contributed by atoms with Gasteiger partial charge in [0.2, 0.25) is 11.9 Å². The lowest BCUT2D eigenvalue weighted by molar-refractivity contribution is 0.0947. The minimum atomic E-state index is -0.452. The molecule has 2 heterocycles. The quantitative estimate of drug-likeness (QED) is 0.505. The van der Waals surface area contributed by atoms with Crippen molar-refractivity contribution in [3.63, 3.8) is 0 Å². The van der Waals surface area contributed by atoms with Crippen LogP contribution in [0.5, 0.6) is 17.2 Å². The third-order valence-electron chi connectivity index (χ3n) is 5.41. The Morgan fingerprint density at radius 1 is 1.03 bits per heavy atom. The summed E-state index contributed by atoms with van der Waals surface area (Å²) >= 11 is 0. The zero-order valence-corrected chi connectivity index (χ0v) is 18.8. The van der Waals surface area contributed by atoms with E-state index in [1.54, 1.807) is 18.2 Å². The van der Waals surface area contributed by atoms with Crippen LogP contribution in [0.15, 0.2) is 42.5 Å². The first kappa shape index (κ1) is 22.4. The van der Waals surface area contributed by atoms with E-state index < -0.39 is 5.91 Å². The second-order valence-corrected chi connectivity index (χ2v) is 7.66. The summed E-state index contributed by atoms with van der Waals surface area (Å²) in [6.07, 6.45) is 2.54. The molecule has 1 saturated heterocycles. The fourth-order valence-corrected chi connectivity index (χ4v) is 3.64. The number of likely N-dealkylation sites (tertiary alicyclic amines) is 1. The number of rotatable bonds is 9. The van der Waals surface area contributed by atoms with Crippen LogP contribution in [0.3, 0.4) is 0 Å². The summed E-state index contributed by atoms with van der Waals surface area (Å²) in [7, 11) is 3.03. The van der Waals surface area contributed by atoms with E-state index in [4.69, 9.17) is 19.9 Å². The Bertz CT molecular complexity index is 1070. The van der Waals surface area contributed by atoms with E-state index in [1.165, 1.54) is 27.1 Å². The fourth-order valence-electron chi connectivity index (χ4n) is 3.64. The van der Waals surface area contributed by atoms with Gasteiger partial charge in [-0.05, 0) is 62.3 Å². The Morgan fingerprint density at radius 2 is 1.70 bits per heavy atom. The summed E-state index contributed by atoms with van der Waals surface area (Å²) < 4.78 is 17.3. The Labute approximate surface area is 192 Å². The molecule has 1 aliphatic heterocycles. The maximum Gasteiger partial charge on any atom is 0.281 e. The van der Waals surface area contributed by atoms with Gasteiger partial charge in [-0.25, -0.2) is 0 Å². The van der Waals surface area contributed by atoms with E-state index in [-0.39, 0.29) is 11.9 Å². The van der Waals surface area contributed by atoms with Gasteiger partial charge in [0.15, 0.2) is 0 Å². The Morgan fingerprint density at radius 3 is 2.33 bits per heavy atom. The first-order chi connectivity index (χ1) is 16.1. The highest BCUT2D eigenvalue weighted by Gasteiger charge is 2.18. The number of nitrogen functional groups attached to an aromatic ring is 1. The predicted octanol–water partition coefficient (Wildman–Crippen LogP) is 2.78. The Balaban J connectivity index is 1.39. The number of carbonyl (C=O) groups excluding carboxylic acids is 1. The maximum absolute atomic E-state index is 12.9. The highest BCUT2D eigenvalue weighted by atomic mass is 16.5. The van der Waals surface area contributed by atoms with Crippen LogP contribution in [-0.2, 0) is 0 Å². The highest BCUT2D eigenvalue weighted by Crippen LogP contribution is 2.24. The van der Waals surface area contributed by atoms with E-state index in [1.807, 2.05) is 24.3 Å². The normalized spacial score (nSPS) is 13.6. The van der Waals surface area contributed by atoms with Crippen molar-refractivity contribution < 1.29 is 19.0 Å². The van der Waals surface area contributed by atoms with Crippen LogP contribution in [0.1, 0.15) is 23.2 Å². The summed E-state index contributed by atoms with van der Waals surface area (Å²) in [4.78, 5) is 19.5. The average molecular weight is 453 g/mol. The van der Waals surface area contributed by atoms with Gasteiger partial charge in [-0.15, -0.1) is 5.10 Å². The molecule has 3 aromatic rings. The lowest BCUT2D eigenvalue weighted by Gasteiger charge is -2.15. The standard InChI is InChI=1S/C23H28N6O4/c1-31-19-13-16(14-20(15-19)32-2)21(30)29-22(24)26-23(27-29)25-17-5-7-18(8-6-17)33-12-11-28-9-3-4-10-28/h5-8,13-15H,3-4,9-12H2,1-2H3,(H3,24,25,26,27). The molecule has 1 fully saturated rings. The van der Waals surface area contributed by atoms with Crippen LogP contribution in [-0.4, -0.2) is 66.0 Å². The van der Waals surface area contributed by atoms with Crippen molar-refractivity contribution in [2.45, 2.75) is 12.8 Å². The van der Waals surface area contributed by atoms with Crippen molar-refractivity contribution in [1.82, 2.24) is 19.7 Å². The van der Waals surface area contributed by atoms with Crippen LogP contribution in [0.4, 0.5) is 17.6 Å². The molecule has 33 heavy (non-hydrogen) atoms. The summed E-state index contributed by atoms with van der Waals surface area (Å²) in [5, 5.41) is 7.27. The van der Waals surface area contributed by atoms with Gasteiger partial charge in [0, 0.05) is 23.9 Å². The number of methoxy groups -OCH3 is 2. The number of ether oxygens (including phenoxy) is 3. The zero-order chi connectivity index (χ0) is 23.2. The SMILES string of the molecule is COc1cc(OC)cc(C(=O)n2nc(Nc3ccc(OCCN4CCCC4)cc3)nc2N)c1. The molecule has 174 valence electrons. The number of aromatic nitrogens is 3. The maximum atomic E-state index is 12.9. The average Bonchev–Trinajstić information content (AvgIpc) is 3.48. The van der Waals surface area contributed by atoms with Gasteiger partial charge < -0.3 is 25.3 Å². The number of hydrogen-bond donors (Lipinski definition) is 2. The largest absolute Gasteiger partial charge is 0.497 e. The molecular weight excluding hydrogens is 424 g/mol. The summed E-state index contributed by atoms with van der Waals surface area (Å²) in [6, 6.07) is 12.3. The van der Waals surface area contributed by atoms with Gasteiger partial charge in [0.1, 0.15) is 23.9 Å². The van der Waals surface area contributed by atoms with E-state index in [0.717, 1.165) is 35.8 Å². The number of carbonyl (C=O) groups is 1. The van der Waals surface area contributed by atoms with Crippen LogP contribution in [0.2, 0.25) is 0 Å². The molecule has 1 aliphatic rings. The molecule has 10 nitrogen and oxygen atoms in total. The second kappa shape index (κ2) is 10.2. The number of nitrogens with zero attached hydrogens (tertiary/aromatic N) is 4. The molecule has 2 aromatic carbocycles. The Hall–Kier alpha value is -3.79. The number of anilines is 3. The van der Waals surface area contributed by atoms with Crippen LogP contribution in [0.25, 0.3) is 0 Å². The van der Waals surface area contributed by atoms with Crippen molar-refractivity contribution >= 4 is 23.5 Å². The van der Waals surface area contributed by atoms with Crippen LogP contribution in [0, 0.1) is 0 Å². The third kappa shape index (κ3) is 5.53. The molecule has 0 atom stereocenters. The van der Waals surface area contributed by atoms with Gasteiger partial charge in [0.25, 0.3) is 5.91 Å². The molecule has 3 N–H and O–H groups in total. The summed E-state index contributed by atoms with van der Waals surface area (Å²) in [6.45, 7) is 3.91. The molecule has 0 unspecified atom stereocenters.